The number of pyridine rings is 1. The second kappa shape index (κ2) is 7.81. The number of benzene rings is 1. The second-order valence-electron chi connectivity index (χ2n) is 7.34. The molecule has 1 aromatic carbocycles. The number of hydrogen-bond acceptors (Lipinski definition) is 4. The molecule has 1 saturated carbocycles. The average Bonchev–Trinajstić information content (AvgIpc) is 3.27. The summed E-state index contributed by atoms with van der Waals surface area (Å²) in [7, 11) is 0. The number of hydrogen-bond donors (Lipinski definition) is 0. The van der Waals surface area contributed by atoms with Crippen molar-refractivity contribution < 1.29 is 9.59 Å². The fourth-order valence-electron chi connectivity index (χ4n) is 4.19. The van der Waals surface area contributed by atoms with E-state index < -0.39 is 0 Å². The number of nitrogens with zero attached hydrogens (tertiary/aromatic N) is 4. The van der Waals surface area contributed by atoms with Crippen molar-refractivity contribution in [2.75, 3.05) is 19.6 Å². The van der Waals surface area contributed by atoms with Gasteiger partial charge in [0.05, 0.1) is 0 Å². The van der Waals surface area contributed by atoms with E-state index in [1.807, 2.05) is 17.0 Å². The lowest BCUT2D eigenvalue weighted by Gasteiger charge is -2.37. The standard InChI is InChI=1S/C22H22N4O2/c23-14-20-19(9-4-10-24-20)16-5-3-6-17(13-16)22(28)25-11-12-26(21(27)15-25)18-7-1-2-8-18/h3-6,9-10,13,18H,1-2,7-8,11-12,15H2. The number of amides is 2. The van der Waals surface area contributed by atoms with E-state index in [-0.39, 0.29) is 18.4 Å². The van der Waals surface area contributed by atoms with E-state index in [9.17, 15) is 14.9 Å². The molecule has 0 radical (unpaired) electrons. The van der Waals surface area contributed by atoms with Crippen LogP contribution in [0, 0.1) is 11.3 Å². The van der Waals surface area contributed by atoms with Gasteiger partial charge in [0.15, 0.2) is 0 Å². The van der Waals surface area contributed by atoms with Gasteiger partial charge in [-0.3, -0.25) is 9.59 Å². The molecule has 28 heavy (non-hydrogen) atoms. The Bertz CT molecular complexity index is 944. The molecule has 0 atom stereocenters. The number of piperazine rings is 1. The molecule has 1 aromatic heterocycles. The van der Waals surface area contributed by atoms with Gasteiger partial charge in [-0.05, 0) is 42.7 Å². The molecule has 2 aliphatic rings. The summed E-state index contributed by atoms with van der Waals surface area (Å²) in [5.74, 6) is -0.106. The van der Waals surface area contributed by atoms with Crippen LogP contribution in [0.15, 0.2) is 42.6 Å². The fraction of sp³-hybridized carbons (Fsp3) is 0.364. The largest absolute Gasteiger partial charge is 0.336 e. The minimum absolute atomic E-state index is 0.0432. The van der Waals surface area contributed by atoms with Crippen LogP contribution >= 0.6 is 0 Å². The van der Waals surface area contributed by atoms with Gasteiger partial charge in [-0.2, -0.15) is 5.26 Å². The van der Waals surface area contributed by atoms with Crippen LogP contribution in [0.25, 0.3) is 11.1 Å². The molecule has 1 saturated heterocycles. The third-order valence-electron chi connectivity index (χ3n) is 5.64. The summed E-state index contributed by atoms with van der Waals surface area (Å²) in [6.45, 7) is 1.30. The highest BCUT2D eigenvalue weighted by atomic mass is 16.2. The van der Waals surface area contributed by atoms with Gasteiger partial charge >= 0.3 is 0 Å². The highest BCUT2D eigenvalue weighted by Gasteiger charge is 2.33. The lowest BCUT2D eigenvalue weighted by molar-refractivity contribution is -0.137. The molecular formula is C22H22N4O2. The monoisotopic (exact) mass is 374 g/mol. The van der Waals surface area contributed by atoms with Crippen molar-refractivity contribution in [2.45, 2.75) is 31.7 Å². The first kappa shape index (κ1) is 18.2. The molecule has 1 aliphatic carbocycles. The molecule has 0 bridgehead atoms. The number of rotatable bonds is 3. The van der Waals surface area contributed by atoms with Crippen molar-refractivity contribution >= 4 is 11.8 Å². The highest BCUT2D eigenvalue weighted by Crippen LogP contribution is 2.26. The van der Waals surface area contributed by atoms with Crippen molar-refractivity contribution in [3.05, 3.63) is 53.9 Å². The summed E-state index contributed by atoms with van der Waals surface area (Å²) in [5.41, 5.74) is 2.31. The number of carbonyl (C=O) groups is 2. The van der Waals surface area contributed by atoms with Crippen LogP contribution in [-0.2, 0) is 4.79 Å². The molecule has 0 unspecified atom stereocenters. The van der Waals surface area contributed by atoms with E-state index in [1.165, 1.54) is 12.8 Å². The van der Waals surface area contributed by atoms with E-state index in [2.05, 4.69) is 11.1 Å². The third kappa shape index (κ3) is 3.48. The van der Waals surface area contributed by atoms with Crippen molar-refractivity contribution in [1.82, 2.24) is 14.8 Å². The maximum absolute atomic E-state index is 13.0. The van der Waals surface area contributed by atoms with Gasteiger partial charge < -0.3 is 9.80 Å². The average molecular weight is 374 g/mol. The number of nitriles is 1. The Balaban J connectivity index is 1.51. The van der Waals surface area contributed by atoms with E-state index >= 15 is 0 Å². The normalized spacial score (nSPS) is 17.6. The molecule has 2 heterocycles. The molecule has 4 rings (SSSR count). The van der Waals surface area contributed by atoms with Crippen molar-refractivity contribution in [1.29, 1.82) is 5.26 Å². The zero-order valence-electron chi connectivity index (χ0n) is 15.7. The van der Waals surface area contributed by atoms with E-state index in [1.54, 1.807) is 35.4 Å². The van der Waals surface area contributed by atoms with Gasteiger partial charge in [-0.15, -0.1) is 0 Å². The van der Waals surface area contributed by atoms with Gasteiger partial charge in [-0.25, -0.2) is 4.98 Å². The van der Waals surface area contributed by atoms with Crippen LogP contribution < -0.4 is 0 Å². The molecule has 0 spiro atoms. The van der Waals surface area contributed by atoms with E-state index in [4.69, 9.17) is 0 Å². The second-order valence-corrected chi connectivity index (χ2v) is 7.34. The summed E-state index contributed by atoms with van der Waals surface area (Å²) in [5, 5.41) is 9.28. The first-order valence-electron chi connectivity index (χ1n) is 9.71. The van der Waals surface area contributed by atoms with Gasteiger partial charge in [0.25, 0.3) is 5.91 Å². The van der Waals surface area contributed by atoms with Crippen LogP contribution in [0.5, 0.6) is 0 Å². The first-order valence-corrected chi connectivity index (χ1v) is 9.71. The third-order valence-corrected chi connectivity index (χ3v) is 5.64. The number of aromatic nitrogens is 1. The maximum Gasteiger partial charge on any atom is 0.254 e. The predicted molar refractivity (Wildman–Crippen MR) is 104 cm³/mol. The Morgan fingerprint density at radius 3 is 2.71 bits per heavy atom. The molecule has 0 N–H and O–H groups in total. The van der Waals surface area contributed by atoms with E-state index in [0.29, 0.717) is 36.0 Å². The summed E-state index contributed by atoms with van der Waals surface area (Å²) in [4.78, 5) is 33.2. The fourth-order valence-corrected chi connectivity index (χ4v) is 4.19. The summed E-state index contributed by atoms with van der Waals surface area (Å²) in [6.07, 6.45) is 6.10. The van der Waals surface area contributed by atoms with Crippen LogP contribution in [0.4, 0.5) is 0 Å². The highest BCUT2D eigenvalue weighted by molar-refractivity contribution is 5.98. The van der Waals surface area contributed by atoms with Crippen molar-refractivity contribution in [2.24, 2.45) is 0 Å². The quantitative estimate of drug-likeness (QED) is 0.828. The molecular weight excluding hydrogens is 352 g/mol. The molecule has 2 amide bonds. The number of carbonyl (C=O) groups excluding carboxylic acids is 2. The van der Waals surface area contributed by atoms with Crippen molar-refractivity contribution in [3.8, 4) is 17.2 Å². The molecule has 6 heteroatoms. The van der Waals surface area contributed by atoms with Gasteiger partial charge in [0, 0.05) is 36.5 Å². The minimum atomic E-state index is -0.149. The SMILES string of the molecule is N#Cc1ncccc1-c1cccc(C(=O)N2CCN(C3CCCC3)C(=O)C2)c1. The molecule has 2 fully saturated rings. The molecule has 142 valence electrons. The van der Waals surface area contributed by atoms with E-state index in [0.717, 1.165) is 18.4 Å². The van der Waals surface area contributed by atoms with Crippen LogP contribution in [0.2, 0.25) is 0 Å². The topological polar surface area (TPSA) is 77.3 Å². The molecule has 1 aliphatic heterocycles. The smallest absolute Gasteiger partial charge is 0.254 e. The van der Waals surface area contributed by atoms with Gasteiger partial charge in [-0.1, -0.05) is 25.0 Å². The maximum atomic E-state index is 13.0. The van der Waals surface area contributed by atoms with Gasteiger partial charge in [0.2, 0.25) is 5.91 Å². The van der Waals surface area contributed by atoms with Crippen LogP contribution in [0.3, 0.4) is 0 Å². The Labute approximate surface area is 164 Å². The predicted octanol–water partition coefficient (Wildman–Crippen LogP) is 2.85. The molecule has 2 aromatic rings. The molecule has 6 nitrogen and oxygen atoms in total. The Morgan fingerprint density at radius 1 is 1.14 bits per heavy atom. The summed E-state index contributed by atoms with van der Waals surface area (Å²) >= 11 is 0. The lowest BCUT2D eigenvalue weighted by Crippen LogP contribution is -2.54. The Morgan fingerprint density at radius 2 is 1.96 bits per heavy atom. The lowest BCUT2D eigenvalue weighted by atomic mass is 10.0. The zero-order valence-corrected chi connectivity index (χ0v) is 15.7. The van der Waals surface area contributed by atoms with Crippen LogP contribution in [-0.4, -0.2) is 52.3 Å². The van der Waals surface area contributed by atoms with Gasteiger partial charge in [0.1, 0.15) is 18.3 Å². The van der Waals surface area contributed by atoms with Crippen LogP contribution in [0.1, 0.15) is 41.7 Å². The Kier molecular flexibility index (Phi) is 5.07. The zero-order chi connectivity index (χ0) is 19.5. The van der Waals surface area contributed by atoms with Crippen molar-refractivity contribution in [3.63, 3.8) is 0 Å². The Hall–Kier alpha value is -3.20. The minimum Gasteiger partial charge on any atom is -0.336 e. The first-order chi connectivity index (χ1) is 13.7. The summed E-state index contributed by atoms with van der Waals surface area (Å²) in [6, 6.07) is 13.2. The summed E-state index contributed by atoms with van der Waals surface area (Å²) < 4.78 is 0.